The molecule has 0 radical (unpaired) electrons. The van der Waals surface area contributed by atoms with E-state index in [1.165, 1.54) is 24.4 Å². The lowest BCUT2D eigenvalue weighted by Gasteiger charge is -2.24. The summed E-state index contributed by atoms with van der Waals surface area (Å²) in [7, 11) is -5.49. The predicted octanol–water partition coefficient (Wildman–Crippen LogP) is 6.29. The van der Waals surface area contributed by atoms with Crippen LogP contribution in [0.3, 0.4) is 0 Å². The molecule has 9 nitrogen and oxygen atoms in total. The molecular formula is C26H24F9N5O4S. The van der Waals surface area contributed by atoms with Crippen LogP contribution in [0.25, 0.3) is 0 Å². The molecule has 4 rings (SSSR count). The zero-order valence-corrected chi connectivity index (χ0v) is 24.0. The van der Waals surface area contributed by atoms with Crippen molar-refractivity contribution in [3.63, 3.8) is 0 Å². The highest BCUT2D eigenvalue weighted by Gasteiger charge is 2.46. The Morgan fingerprint density at radius 2 is 1.51 bits per heavy atom. The van der Waals surface area contributed by atoms with Crippen molar-refractivity contribution >= 4 is 33.1 Å². The van der Waals surface area contributed by atoms with Gasteiger partial charge in [-0.15, -0.1) is 0 Å². The van der Waals surface area contributed by atoms with Crippen LogP contribution in [0, 0.1) is 0 Å². The number of fused-ring (bicyclic) bond motifs is 1. The van der Waals surface area contributed by atoms with Gasteiger partial charge in [0.25, 0.3) is 9.84 Å². The van der Waals surface area contributed by atoms with E-state index in [0.29, 0.717) is 29.3 Å². The van der Waals surface area contributed by atoms with Crippen molar-refractivity contribution in [3.8, 4) is 0 Å². The summed E-state index contributed by atoms with van der Waals surface area (Å²) in [5.74, 6) is -2.20. The molecule has 0 saturated heterocycles. The van der Waals surface area contributed by atoms with Gasteiger partial charge >= 0.3 is 23.8 Å². The van der Waals surface area contributed by atoms with Crippen LogP contribution in [0.2, 0.25) is 0 Å². The quantitative estimate of drug-likeness (QED) is 0.301. The van der Waals surface area contributed by atoms with Crippen LogP contribution in [0.4, 0.5) is 56.8 Å². The molecule has 0 amide bonds. The van der Waals surface area contributed by atoms with Crippen molar-refractivity contribution in [1.29, 1.82) is 0 Å². The third-order valence-corrected chi connectivity index (χ3v) is 7.75. The molecule has 1 aromatic carbocycles. The number of carboxylic acid groups (broad SMARTS) is 1. The number of hydrogen-bond donors (Lipinski definition) is 2. The van der Waals surface area contributed by atoms with Gasteiger partial charge in [0, 0.05) is 42.9 Å². The molecular weight excluding hydrogens is 649 g/mol. The van der Waals surface area contributed by atoms with E-state index >= 15 is 0 Å². The van der Waals surface area contributed by atoms with Crippen molar-refractivity contribution < 1.29 is 57.8 Å². The second-order valence-corrected chi connectivity index (χ2v) is 11.7. The topological polar surface area (TPSA) is 125 Å². The molecule has 246 valence electrons. The van der Waals surface area contributed by atoms with Crippen LogP contribution in [-0.4, -0.2) is 59.2 Å². The maximum atomic E-state index is 13.6. The van der Waals surface area contributed by atoms with Crippen LogP contribution < -0.4 is 10.2 Å². The molecule has 0 unspecified atom stereocenters. The Labute approximate surface area is 250 Å². The molecule has 0 aliphatic carbocycles. The normalized spacial score (nSPS) is 14.3. The molecule has 2 N–H and O–H groups in total. The number of aromatic nitrogens is 3. The number of carboxylic acids is 1. The smallest absolute Gasteiger partial charge is 0.475 e. The van der Waals surface area contributed by atoms with Crippen molar-refractivity contribution in [2.75, 3.05) is 23.3 Å². The van der Waals surface area contributed by atoms with Crippen LogP contribution >= 0.6 is 0 Å². The molecule has 45 heavy (non-hydrogen) atoms. The zero-order valence-electron chi connectivity index (χ0n) is 23.2. The molecule has 0 bridgehead atoms. The number of aliphatic carboxylic acids is 1. The van der Waals surface area contributed by atoms with E-state index in [2.05, 4.69) is 20.3 Å². The lowest BCUT2D eigenvalue weighted by atomic mass is 10.1. The van der Waals surface area contributed by atoms with E-state index in [9.17, 15) is 47.9 Å². The summed E-state index contributed by atoms with van der Waals surface area (Å²) in [6.45, 7) is 4.16. The number of nitrogens with zero attached hydrogens (tertiary/aromatic N) is 4. The minimum Gasteiger partial charge on any atom is -0.475 e. The number of rotatable bonds is 5. The van der Waals surface area contributed by atoms with E-state index in [-0.39, 0.29) is 36.9 Å². The summed E-state index contributed by atoms with van der Waals surface area (Å²) in [5, 5.41) is 10.1. The molecule has 3 aromatic rings. The molecule has 1 aliphatic rings. The van der Waals surface area contributed by atoms with Gasteiger partial charge in [0.15, 0.2) is 0 Å². The Bertz CT molecular complexity index is 1630. The van der Waals surface area contributed by atoms with Gasteiger partial charge in [-0.3, -0.25) is 0 Å². The van der Waals surface area contributed by atoms with E-state index in [1.54, 1.807) is 4.90 Å². The lowest BCUT2D eigenvalue weighted by Crippen LogP contribution is -2.29. The number of hydrogen-bond acceptors (Lipinski definition) is 8. The number of benzene rings is 1. The summed E-state index contributed by atoms with van der Waals surface area (Å²) in [4.78, 5) is 22.7. The summed E-state index contributed by atoms with van der Waals surface area (Å²) < 4.78 is 134. The molecule has 0 spiro atoms. The third-order valence-electron chi connectivity index (χ3n) is 6.24. The fraction of sp³-hybridized carbons (Fsp3) is 0.385. The molecule has 0 fully saturated rings. The number of carbonyl (C=O) groups is 1. The first-order chi connectivity index (χ1) is 20.6. The zero-order chi connectivity index (χ0) is 34.0. The van der Waals surface area contributed by atoms with Crippen molar-refractivity contribution in [2.24, 2.45) is 0 Å². The maximum Gasteiger partial charge on any atom is 0.501 e. The minimum atomic E-state index is -5.49. The average molecular weight is 674 g/mol. The number of alkyl halides is 9. The van der Waals surface area contributed by atoms with E-state index in [4.69, 9.17) is 9.90 Å². The molecule has 3 heterocycles. The Morgan fingerprint density at radius 1 is 0.933 bits per heavy atom. The standard InChI is InChI=1S/C24H23F6N5O2S.C2HF3O2/c1-14(2)20-33-19-10-13-35(22-18(23(25,26)27)4-3-11-31-22)12-9-17(19)21(34-20)32-15-5-7-16(8-6-15)38(36,37)24(28,29)30;3-2(4,5)1(6)7/h3-8,11,14H,9-10,12-13H2,1-2H3,(H,32,33,34);(H,6,7). The van der Waals surface area contributed by atoms with E-state index < -0.39 is 44.1 Å². The van der Waals surface area contributed by atoms with Crippen LogP contribution in [0.1, 0.15) is 42.4 Å². The van der Waals surface area contributed by atoms with Crippen LogP contribution in [0.15, 0.2) is 47.5 Å². The van der Waals surface area contributed by atoms with Gasteiger partial charge in [-0.05, 0) is 42.8 Å². The van der Waals surface area contributed by atoms with Gasteiger partial charge in [-0.25, -0.2) is 28.2 Å². The highest BCUT2D eigenvalue weighted by atomic mass is 32.2. The number of nitrogens with one attached hydrogen (secondary N) is 1. The van der Waals surface area contributed by atoms with E-state index in [1.807, 2.05) is 13.8 Å². The lowest BCUT2D eigenvalue weighted by molar-refractivity contribution is -0.192. The molecule has 0 saturated carbocycles. The number of sulfone groups is 1. The Balaban J connectivity index is 0.000000707. The summed E-state index contributed by atoms with van der Waals surface area (Å²) in [5.41, 5.74) is -4.70. The van der Waals surface area contributed by atoms with Gasteiger partial charge in [0.2, 0.25) is 0 Å². The number of pyridine rings is 1. The Morgan fingerprint density at radius 3 is 2.02 bits per heavy atom. The summed E-state index contributed by atoms with van der Waals surface area (Å²) >= 11 is 0. The average Bonchev–Trinajstić information content (AvgIpc) is 3.15. The van der Waals surface area contributed by atoms with Gasteiger partial charge in [0.05, 0.1) is 16.2 Å². The Kier molecular flexibility index (Phi) is 10.2. The maximum absolute atomic E-state index is 13.6. The highest BCUT2D eigenvalue weighted by molar-refractivity contribution is 7.92. The first-order valence-electron chi connectivity index (χ1n) is 12.8. The monoisotopic (exact) mass is 673 g/mol. The van der Waals surface area contributed by atoms with Gasteiger partial charge in [-0.2, -0.15) is 39.5 Å². The first kappa shape index (κ1) is 35.3. The van der Waals surface area contributed by atoms with Gasteiger partial charge in [-0.1, -0.05) is 13.8 Å². The SMILES string of the molecule is CC(C)c1nc2c(c(Nc3ccc(S(=O)(=O)C(F)(F)F)cc3)n1)CCN(c1ncccc1C(F)(F)F)CC2.O=C(O)C(F)(F)F. The fourth-order valence-electron chi connectivity index (χ4n) is 4.05. The summed E-state index contributed by atoms with van der Waals surface area (Å²) in [6.07, 6.45) is -7.78. The van der Waals surface area contributed by atoms with Gasteiger partial charge in [0.1, 0.15) is 17.5 Å². The van der Waals surface area contributed by atoms with E-state index in [0.717, 1.165) is 18.2 Å². The second kappa shape index (κ2) is 13.1. The van der Waals surface area contributed by atoms with Crippen molar-refractivity contribution in [2.45, 2.75) is 55.4 Å². The highest BCUT2D eigenvalue weighted by Crippen LogP contribution is 2.37. The van der Waals surface area contributed by atoms with Crippen LogP contribution in [0.5, 0.6) is 0 Å². The van der Waals surface area contributed by atoms with Crippen molar-refractivity contribution in [3.05, 3.63) is 65.2 Å². The molecule has 1 aliphatic heterocycles. The molecule has 19 heteroatoms. The fourth-order valence-corrected chi connectivity index (χ4v) is 4.81. The number of halogens is 9. The largest absolute Gasteiger partial charge is 0.501 e. The van der Waals surface area contributed by atoms with Crippen LogP contribution in [-0.2, 0) is 33.6 Å². The minimum absolute atomic E-state index is 0.0906. The predicted molar refractivity (Wildman–Crippen MR) is 142 cm³/mol. The number of anilines is 3. The van der Waals surface area contributed by atoms with Gasteiger partial charge < -0.3 is 15.3 Å². The Hall–Kier alpha value is -4.16. The first-order valence-corrected chi connectivity index (χ1v) is 14.3. The molecule has 0 atom stereocenters. The second-order valence-electron chi connectivity index (χ2n) is 9.77. The summed E-state index contributed by atoms with van der Waals surface area (Å²) in [6, 6.07) is 6.27. The third kappa shape index (κ3) is 8.52. The molecule has 2 aromatic heterocycles. The van der Waals surface area contributed by atoms with Crippen molar-refractivity contribution in [1.82, 2.24) is 15.0 Å².